The summed E-state index contributed by atoms with van der Waals surface area (Å²) in [6, 6.07) is 12.4. The van der Waals surface area contributed by atoms with Crippen molar-refractivity contribution in [2.24, 2.45) is 7.05 Å². The Morgan fingerprint density at radius 1 is 1.23 bits per heavy atom. The quantitative estimate of drug-likeness (QED) is 0.427. The van der Waals surface area contributed by atoms with E-state index in [-0.39, 0.29) is 11.8 Å². The molecule has 31 heavy (non-hydrogen) atoms. The van der Waals surface area contributed by atoms with Gasteiger partial charge in [0.2, 0.25) is 11.8 Å². The molecule has 4 aromatic rings. The number of rotatable bonds is 6. The van der Waals surface area contributed by atoms with Crippen molar-refractivity contribution >= 4 is 28.1 Å². The van der Waals surface area contributed by atoms with Crippen molar-refractivity contribution in [3.8, 4) is 10.8 Å². The fourth-order valence-corrected chi connectivity index (χ4v) is 5.16. The minimum absolute atomic E-state index is 0.122. The molecular weight excluding hydrogens is 408 g/mol. The van der Waals surface area contributed by atoms with E-state index in [1.54, 1.807) is 11.3 Å². The highest BCUT2D eigenvalue weighted by molar-refractivity contribution is 7.13. The van der Waals surface area contributed by atoms with Crippen molar-refractivity contribution in [2.45, 2.75) is 38.0 Å². The Morgan fingerprint density at radius 2 is 2.13 bits per heavy atom. The van der Waals surface area contributed by atoms with Crippen LogP contribution in [0.3, 0.4) is 0 Å². The molecule has 1 unspecified atom stereocenters. The molecule has 7 heteroatoms. The van der Waals surface area contributed by atoms with Gasteiger partial charge in [-0.3, -0.25) is 4.79 Å². The van der Waals surface area contributed by atoms with E-state index >= 15 is 0 Å². The summed E-state index contributed by atoms with van der Waals surface area (Å²) in [5.74, 6) is 1.57. The smallest absolute Gasteiger partial charge is 0.257 e. The molecule has 0 radical (unpaired) electrons. The number of hydrogen-bond donors (Lipinski definition) is 0. The first kappa shape index (κ1) is 20.0. The Morgan fingerprint density at radius 3 is 3.00 bits per heavy atom. The van der Waals surface area contributed by atoms with Crippen molar-refractivity contribution in [1.29, 1.82) is 0 Å². The van der Waals surface area contributed by atoms with E-state index in [0.29, 0.717) is 24.7 Å². The Kier molecular flexibility index (Phi) is 5.59. The van der Waals surface area contributed by atoms with E-state index in [2.05, 4.69) is 52.3 Å². The third-order valence-corrected chi connectivity index (χ3v) is 6.97. The third-order valence-electron chi connectivity index (χ3n) is 6.11. The van der Waals surface area contributed by atoms with E-state index in [1.807, 2.05) is 22.4 Å². The molecule has 4 heterocycles. The molecule has 0 saturated carbocycles. The van der Waals surface area contributed by atoms with Crippen molar-refractivity contribution in [3.63, 3.8) is 0 Å². The highest BCUT2D eigenvalue weighted by Gasteiger charge is 2.28. The number of thiophene rings is 1. The molecule has 1 atom stereocenters. The minimum atomic E-state index is 0.122. The number of carbonyl (C=O) groups is 1. The molecule has 1 aliphatic rings. The zero-order valence-corrected chi connectivity index (χ0v) is 18.5. The zero-order valence-electron chi connectivity index (χ0n) is 17.7. The first-order chi connectivity index (χ1) is 15.2. The van der Waals surface area contributed by atoms with Crippen LogP contribution in [0.4, 0.5) is 0 Å². The summed E-state index contributed by atoms with van der Waals surface area (Å²) in [6.07, 6.45) is 6.48. The van der Waals surface area contributed by atoms with E-state index in [9.17, 15) is 4.79 Å². The van der Waals surface area contributed by atoms with Crippen LogP contribution in [0.5, 0.6) is 0 Å². The van der Waals surface area contributed by atoms with Crippen LogP contribution >= 0.6 is 11.3 Å². The van der Waals surface area contributed by atoms with Gasteiger partial charge in [-0.05, 0) is 48.8 Å². The van der Waals surface area contributed by atoms with Crippen LogP contribution in [-0.2, 0) is 18.3 Å². The van der Waals surface area contributed by atoms with Crippen molar-refractivity contribution < 1.29 is 9.21 Å². The van der Waals surface area contributed by atoms with Gasteiger partial charge in [0.1, 0.15) is 0 Å². The third kappa shape index (κ3) is 4.14. The van der Waals surface area contributed by atoms with Crippen molar-refractivity contribution in [3.05, 3.63) is 59.4 Å². The highest BCUT2D eigenvalue weighted by atomic mass is 32.1. The average molecular weight is 435 g/mol. The molecule has 0 aliphatic carbocycles. The molecule has 3 aromatic heterocycles. The van der Waals surface area contributed by atoms with Gasteiger partial charge < -0.3 is 13.9 Å². The van der Waals surface area contributed by atoms with E-state index in [4.69, 9.17) is 4.42 Å². The van der Waals surface area contributed by atoms with Gasteiger partial charge in [0.15, 0.2) is 0 Å². The summed E-state index contributed by atoms with van der Waals surface area (Å²) in [5, 5.41) is 11.8. The van der Waals surface area contributed by atoms with E-state index in [1.165, 1.54) is 16.5 Å². The summed E-state index contributed by atoms with van der Waals surface area (Å²) in [7, 11) is 2.08. The number of piperidine rings is 1. The lowest BCUT2D eigenvalue weighted by Crippen LogP contribution is -2.39. The van der Waals surface area contributed by atoms with Gasteiger partial charge in [0.05, 0.1) is 10.8 Å². The molecule has 0 spiro atoms. The molecule has 1 fully saturated rings. The van der Waals surface area contributed by atoms with Crippen LogP contribution in [0.15, 0.2) is 52.4 Å². The van der Waals surface area contributed by atoms with Crippen LogP contribution in [0, 0.1) is 0 Å². The van der Waals surface area contributed by atoms with Gasteiger partial charge in [-0.1, -0.05) is 24.3 Å². The molecule has 1 saturated heterocycles. The number of para-hydroxylation sites is 1. The summed E-state index contributed by atoms with van der Waals surface area (Å²) in [6.45, 7) is 1.48. The van der Waals surface area contributed by atoms with Gasteiger partial charge in [-0.15, -0.1) is 21.5 Å². The molecule has 5 rings (SSSR count). The molecule has 0 N–H and O–H groups in total. The summed E-state index contributed by atoms with van der Waals surface area (Å²) < 4.78 is 8.09. The second-order valence-electron chi connectivity index (χ2n) is 8.24. The van der Waals surface area contributed by atoms with Gasteiger partial charge in [-0.25, -0.2) is 0 Å². The lowest BCUT2D eigenvalue weighted by Gasteiger charge is -2.31. The first-order valence-corrected chi connectivity index (χ1v) is 11.7. The summed E-state index contributed by atoms with van der Waals surface area (Å²) in [5.41, 5.74) is 2.55. The molecule has 160 valence electrons. The Bertz CT molecular complexity index is 1180. The number of carbonyl (C=O) groups excluding carboxylic acids is 1. The van der Waals surface area contributed by atoms with Gasteiger partial charge in [-0.2, -0.15) is 0 Å². The first-order valence-electron chi connectivity index (χ1n) is 10.9. The maximum Gasteiger partial charge on any atom is 0.257 e. The molecule has 1 aromatic carbocycles. The molecule has 1 aliphatic heterocycles. The predicted molar refractivity (Wildman–Crippen MR) is 122 cm³/mol. The van der Waals surface area contributed by atoms with E-state index < -0.39 is 0 Å². The van der Waals surface area contributed by atoms with Gasteiger partial charge in [0.25, 0.3) is 5.89 Å². The monoisotopic (exact) mass is 434 g/mol. The number of likely N-dealkylation sites (tertiary alicyclic amines) is 1. The van der Waals surface area contributed by atoms with Gasteiger partial charge >= 0.3 is 0 Å². The zero-order chi connectivity index (χ0) is 21.2. The molecule has 1 amide bonds. The number of benzene rings is 1. The highest BCUT2D eigenvalue weighted by Crippen LogP contribution is 2.30. The van der Waals surface area contributed by atoms with Crippen molar-refractivity contribution in [1.82, 2.24) is 19.7 Å². The number of aromatic nitrogens is 3. The molecular formula is C24H26N4O2S. The fraction of sp³-hybridized carbons (Fsp3) is 0.375. The topological polar surface area (TPSA) is 64.2 Å². The lowest BCUT2D eigenvalue weighted by molar-refractivity contribution is -0.132. The Hall–Kier alpha value is -2.93. The standard InChI is InChI=1S/C24H26N4O2S/c1-27-15-17(19-9-2-3-10-20(19)27)7-4-12-22(29)28-13-5-8-18(16-28)23-25-26-24(30-23)21-11-6-14-31-21/h2-3,6,9-11,14-15,18H,4-5,7-8,12-13,16H2,1H3. The predicted octanol–water partition coefficient (Wildman–Crippen LogP) is 5.02. The summed E-state index contributed by atoms with van der Waals surface area (Å²) in [4.78, 5) is 15.8. The lowest BCUT2D eigenvalue weighted by atomic mass is 9.97. The maximum atomic E-state index is 12.9. The second-order valence-corrected chi connectivity index (χ2v) is 9.19. The van der Waals surface area contributed by atoms with Crippen LogP contribution in [0.1, 0.15) is 43.1 Å². The largest absolute Gasteiger partial charge is 0.420 e. The van der Waals surface area contributed by atoms with Crippen molar-refractivity contribution in [2.75, 3.05) is 13.1 Å². The number of fused-ring (bicyclic) bond motifs is 1. The molecule has 0 bridgehead atoms. The SMILES string of the molecule is Cn1cc(CCCC(=O)N2CCCC(c3nnc(-c4cccs4)o3)C2)c2ccccc21. The second kappa shape index (κ2) is 8.67. The summed E-state index contributed by atoms with van der Waals surface area (Å²) >= 11 is 1.59. The number of nitrogens with zero attached hydrogens (tertiary/aromatic N) is 4. The number of amides is 1. The number of hydrogen-bond acceptors (Lipinski definition) is 5. The maximum absolute atomic E-state index is 12.9. The Balaban J connectivity index is 1.18. The fourth-order valence-electron chi connectivity index (χ4n) is 4.52. The average Bonchev–Trinajstić information content (AvgIpc) is 3.55. The minimum Gasteiger partial charge on any atom is -0.420 e. The van der Waals surface area contributed by atoms with Crippen LogP contribution in [0.2, 0.25) is 0 Å². The van der Waals surface area contributed by atoms with Gasteiger partial charge in [0, 0.05) is 43.7 Å². The Labute approximate surface area is 185 Å². The van der Waals surface area contributed by atoms with Crippen LogP contribution < -0.4 is 0 Å². The van der Waals surface area contributed by atoms with Crippen LogP contribution in [-0.4, -0.2) is 38.7 Å². The van der Waals surface area contributed by atoms with Crippen LogP contribution in [0.25, 0.3) is 21.7 Å². The normalized spacial score (nSPS) is 16.8. The van der Waals surface area contributed by atoms with E-state index in [0.717, 1.165) is 37.1 Å². The number of aryl methyl sites for hydroxylation is 2. The molecule has 6 nitrogen and oxygen atoms in total.